The van der Waals surface area contributed by atoms with Gasteiger partial charge in [-0.1, -0.05) is 35.9 Å². The average Bonchev–Trinajstić information content (AvgIpc) is 2.83. The minimum atomic E-state index is -1.60. The monoisotopic (exact) mass is 492 g/mol. The average molecular weight is 493 g/mol. The minimum Gasteiger partial charge on any atom is -0.497 e. The number of carboxylic acid groups (broad SMARTS) is 1. The lowest BCUT2D eigenvalue weighted by Gasteiger charge is -2.42. The fourth-order valence-corrected chi connectivity index (χ4v) is 4.37. The van der Waals surface area contributed by atoms with Crippen LogP contribution < -0.4 is 4.74 Å². The highest BCUT2D eigenvalue weighted by molar-refractivity contribution is 6.30. The SMILES string of the molecule is COc1ccc(CCCO[C@@H]2C[C@](OCCCc3ccc(Cl)cc3)(C(=O)O)C[C@H](O)[C@H]2O)cc1. The Balaban J connectivity index is 1.51. The van der Waals surface area contributed by atoms with Gasteiger partial charge in [-0.05, 0) is 61.1 Å². The normalized spacial score (nSPS) is 24.6. The Labute approximate surface area is 205 Å². The summed E-state index contributed by atoms with van der Waals surface area (Å²) in [6.45, 7) is 0.536. The van der Waals surface area contributed by atoms with Gasteiger partial charge in [-0.25, -0.2) is 4.79 Å². The second-order valence-corrected chi connectivity index (χ2v) is 9.14. The summed E-state index contributed by atoms with van der Waals surface area (Å²) in [6.07, 6.45) is -0.661. The van der Waals surface area contributed by atoms with E-state index in [1.807, 2.05) is 48.5 Å². The summed E-state index contributed by atoms with van der Waals surface area (Å²) in [6, 6.07) is 15.2. The quantitative estimate of drug-likeness (QED) is 0.388. The van der Waals surface area contributed by atoms with E-state index in [1.54, 1.807) is 7.11 Å². The molecule has 186 valence electrons. The molecule has 2 aromatic rings. The topological polar surface area (TPSA) is 105 Å². The maximum atomic E-state index is 12.1. The third-order valence-corrected chi connectivity index (χ3v) is 6.49. The van der Waals surface area contributed by atoms with Crippen LogP contribution in [-0.2, 0) is 27.1 Å². The molecule has 1 saturated carbocycles. The molecule has 1 aliphatic carbocycles. The number of halogens is 1. The first kappa shape index (κ1) is 26.4. The Kier molecular flexibility index (Phi) is 9.74. The van der Waals surface area contributed by atoms with Crippen molar-refractivity contribution in [3.63, 3.8) is 0 Å². The largest absolute Gasteiger partial charge is 0.497 e. The number of carboxylic acids is 1. The van der Waals surface area contributed by atoms with E-state index in [0.29, 0.717) is 30.9 Å². The first-order valence-corrected chi connectivity index (χ1v) is 11.9. The zero-order valence-corrected chi connectivity index (χ0v) is 20.1. The highest BCUT2D eigenvalue weighted by Gasteiger charge is 2.51. The first-order chi connectivity index (χ1) is 16.3. The Hall–Kier alpha value is -2.16. The van der Waals surface area contributed by atoms with Gasteiger partial charge >= 0.3 is 5.97 Å². The third kappa shape index (κ3) is 7.17. The molecule has 0 aliphatic heterocycles. The maximum absolute atomic E-state index is 12.1. The van der Waals surface area contributed by atoms with Gasteiger partial charge in [-0.15, -0.1) is 0 Å². The number of carbonyl (C=O) groups is 1. The van der Waals surface area contributed by atoms with Crippen molar-refractivity contribution in [1.29, 1.82) is 0 Å². The summed E-state index contributed by atoms with van der Waals surface area (Å²) in [5.74, 6) is -0.366. The summed E-state index contributed by atoms with van der Waals surface area (Å²) in [4.78, 5) is 12.1. The van der Waals surface area contributed by atoms with Gasteiger partial charge in [0.2, 0.25) is 0 Å². The molecule has 8 heteroatoms. The second-order valence-electron chi connectivity index (χ2n) is 8.70. The van der Waals surface area contributed by atoms with Crippen molar-refractivity contribution in [2.24, 2.45) is 0 Å². The summed E-state index contributed by atoms with van der Waals surface area (Å²) in [5, 5.41) is 31.4. The van der Waals surface area contributed by atoms with E-state index in [4.69, 9.17) is 25.8 Å². The van der Waals surface area contributed by atoms with Crippen LogP contribution >= 0.6 is 11.6 Å². The molecule has 0 aromatic heterocycles. The van der Waals surface area contributed by atoms with Crippen LogP contribution in [-0.4, -0.2) is 65.5 Å². The first-order valence-electron chi connectivity index (χ1n) is 11.6. The molecule has 4 atom stereocenters. The fraction of sp³-hybridized carbons (Fsp3) is 0.500. The maximum Gasteiger partial charge on any atom is 0.336 e. The van der Waals surface area contributed by atoms with Gasteiger partial charge in [0.15, 0.2) is 5.60 Å². The van der Waals surface area contributed by atoms with Gasteiger partial charge in [-0.3, -0.25) is 0 Å². The van der Waals surface area contributed by atoms with Gasteiger partial charge in [0.05, 0.1) is 19.3 Å². The lowest BCUT2D eigenvalue weighted by Crippen LogP contribution is -2.58. The molecule has 1 aliphatic rings. The standard InChI is InChI=1S/C26H33ClO7/c1-32-21-12-8-19(9-13-21)4-2-14-33-23-17-26(25(30)31,16-22(28)24(23)29)34-15-3-5-18-6-10-20(27)11-7-18/h6-13,22-24,28-29H,2-5,14-17H2,1H3,(H,30,31)/t22-,23+,24+,26-/m0/s1. The van der Waals surface area contributed by atoms with Crippen LogP contribution in [0.3, 0.4) is 0 Å². The van der Waals surface area contributed by atoms with Crippen molar-refractivity contribution in [1.82, 2.24) is 0 Å². The van der Waals surface area contributed by atoms with Crippen molar-refractivity contribution < 1.29 is 34.3 Å². The van der Waals surface area contributed by atoms with Crippen molar-refractivity contribution >= 4 is 17.6 Å². The summed E-state index contributed by atoms with van der Waals surface area (Å²) >= 11 is 5.90. The molecule has 0 heterocycles. The Bertz CT molecular complexity index is 902. The molecule has 0 radical (unpaired) electrons. The number of hydrogen-bond acceptors (Lipinski definition) is 6. The summed E-state index contributed by atoms with van der Waals surface area (Å²) in [5.41, 5.74) is 0.603. The van der Waals surface area contributed by atoms with E-state index < -0.39 is 29.9 Å². The van der Waals surface area contributed by atoms with Crippen LogP contribution in [0.25, 0.3) is 0 Å². The van der Waals surface area contributed by atoms with Gasteiger partial charge in [0.25, 0.3) is 0 Å². The number of aliphatic carboxylic acids is 1. The van der Waals surface area contributed by atoms with Crippen molar-refractivity contribution in [2.45, 2.75) is 62.4 Å². The molecular weight excluding hydrogens is 460 g/mol. The van der Waals surface area contributed by atoms with Crippen LogP contribution in [0.2, 0.25) is 5.02 Å². The predicted octanol–water partition coefficient (Wildman–Crippen LogP) is 3.65. The number of aliphatic hydroxyl groups excluding tert-OH is 2. The Morgan fingerprint density at radius 3 is 2.15 bits per heavy atom. The number of aryl methyl sites for hydroxylation is 2. The number of benzene rings is 2. The van der Waals surface area contributed by atoms with Crippen LogP contribution in [0.5, 0.6) is 5.75 Å². The number of hydrogen-bond donors (Lipinski definition) is 3. The molecule has 0 unspecified atom stereocenters. The van der Waals surface area contributed by atoms with Crippen molar-refractivity contribution in [3.8, 4) is 5.75 Å². The Morgan fingerprint density at radius 1 is 0.971 bits per heavy atom. The van der Waals surface area contributed by atoms with E-state index >= 15 is 0 Å². The van der Waals surface area contributed by atoms with Crippen LogP contribution in [0.1, 0.15) is 36.8 Å². The highest BCUT2D eigenvalue weighted by atomic mass is 35.5. The van der Waals surface area contributed by atoms with E-state index in [9.17, 15) is 20.1 Å². The second kappa shape index (κ2) is 12.5. The van der Waals surface area contributed by atoms with Crippen molar-refractivity contribution in [3.05, 3.63) is 64.7 Å². The van der Waals surface area contributed by atoms with E-state index in [-0.39, 0.29) is 19.4 Å². The molecule has 7 nitrogen and oxygen atoms in total. The van der Waals surface area contributed by atoms with Crippen molar-refractivity contribution in [2.75, 3.05) is 20.3 Å². The lowest BCUT2D eigenvalue weighted by atomic mass is 9.79. The van der Waals surface area contributed by atoms with Crippen LogP contribution in [0, 0.1) is 0 Å². The minimum absolute atomic E-state index is 0.0238. The highest BCUT2D eigenvalue weighted by Crippen LogP contribution is 2.35. The fourth-order valence-electron chi connectivity index (χ4n) is 4.25. The van der Waals surface area contributed by atoms with E-state index in [1.165, 1.54) is 0 Å². The third-order valence-electron chi connectivity index (χ3n) is 6.24. The number of aliphatic hydroxyl groups is 2. The zero-order valence-electron chi connectivity index (χ0n) is 19.4. The molecule has 0 amide bonds. The van der Waals surface area contributed by atoms with Gasteiger partial charge in [-0.2, -0.15) is 0 Å². The van der Waals surface area contributed by atoms with E-state index in [0.717, 1.165) is 23.3 Å². The summed E-state index contributed by atoms with van der Waals surface area (Å²) < 4.78 is 16.8. The molecule has 1 fully saturated rings. The van der Waals surface area contributed by atoms with Gasteiger partial charge in [0.1, 0.15) is 11.9 Å². The van der Waals surface area contributed by atoms with Gasteiger partial charge in [0, 0.05) is 31.1 Å². The molecule has 3 N–H and O–H groups in total. The van der Waals surface area contributed by atoms with Gasteiger partial charge < -0.3 is 29.5 Å². The zero-order chi connectivity index (χ0) is 24.6. The number of ether oxygens (including phenoxy) is 3. The predicted molar refractivity (Wildman–Crippen MR) is 128 cm³/mol. The molecule has 0 saturated heterocycles. The molecule has 0 bridgehead atoms. The smallest absolute Gasteiger partial charge is 0.336 e. The molecule has 2 aromatic carbocycles. The summed E-state index contributed by atoms with van der Waals surface area (Å²) in [7, 11) is 1.62. The molecular formula is C26H33ClO7. The number of methoxy groups -OCH3 is 1. The number of rotatable bonds is 12. The molecule has 0 spiro atoms. The van der Waals surface area contributed by atoms with Crippen LogP contribution in [0.4, 0.5) is 0 Å². The Morgan fingerprint density at radius 2 is 1.56 bits per heavy atom. The molecule has 34 heavy (non-hydrogen) atoms. The van der Waals surface area contributed by atoms with Crippen LogP contribution in [0.15, 0.2) is 48.5 Å². The lowest BCUT2D eigenvalue weighted by molar-refractivity contribution is -0.206. The van der Waals surface area contributed by atoms with E-state index in [2.05, 4.69) is 0 Å². The molecule has 3 rings (SSSR count).